The standard InChI is InChI=1S/C68H52N6/c1-41-33-43(3)64(44(4)34-41)49-25-28-60-54(37-49)52-21-13-15-23-58(52)73(60)62-30-27-51(68-71-66(47-17-9-7-10-18-47)70-67(72-68)48-19-11-8-12-20-48)39-56(62)57-40-69-32-31-63(57)74-59-24-16-14-22-53(59)55-38-50(26-29-61(55)74)65-45(5)35-42(2)36-46(65)6/h7-40H,1-6H3. The van der Waals surface area contributed by atoms with Crippen molar-refractivity contribution in [3.05, 3.63) is 240 Å². The molecule has 0 bridgehead atoms. The van der Waals surface area contributed by atoms with Crippen LogP contribution in [0.5, 0.6) is 0 Å². The molecule has 0 aliphatic heterocycles. The molecule has 4 aromatic heterocycles. The molecule has 13 aromatic rings. The first-order chi connectivity index (χ1) is 36.2. The quantitative estimate of drug-likeness (QED) is 0.152. The van der Waals surface area contributed by atoms with Crippen molar-refractivity contribution >= 4 is 43.6 Å². The third-order valence-corrected chi connectivity index (χ3v) is 14.8. The molecule has 9 aromatic carbocycles. The zero-order valence-corrected chi connectivity index (χ0v) is 42.3. The maximum absolute atomic E-state index is 5.24. The average molecular weight is 953 g/mol. The van der Waals surface area contributed by atoms with E-state index in [2.05, 4.69) is 208 Å². The van der Waals surface area contributed by atoms with Crippen molar-refractivity contribution in [3.63, 3.8) is 0 Å². The summed E-state index contributed by atoms with van der Waals surface area (Å²) in [4.78, 5) is 20.5. The second-order valence-corrected chi connectivity index (χ2v) is 19.9. The van der Waals surface area contributed by atoms with Crippen molar-refractivity contribution in [2.45, 2.75) is 41.5 Å². The highest BCUT2D eigenvalue weighted by molar-refractivity contribution is 6.13. The molecule has 13 rings (SSSR count). The van der Waals surface area contributed by atoms with Crippen molar-refractivity contribution in [1.29, 1.82) is 0 Å². The van der Waals surface area contributed by atoms with Gasteiger partial charge in [0.05, 0.1) is 33.4 Å². The molecule has 6 nitrogen and oxygen atoms in total. The Morgan fingerprint density at radius 2 is 0.716 bits per heavy atom. The van der Waals surface area contributed by atoms with Crippen LogP contribution in [0.15, 0.2) is 207 Å². The van der Waals surface area contributed by atoms with Gasteiger partial charge < -0.3 is 9.13 Å². The van der Waals surface area contributed by atoms with E-state index in [0.29, 0.717) is 17.5 Å². The lowest BCUT2D eigenvalue weighted by Crippen LogP contribution is -2.04. The summed E-state index contributed by atoms with van der Waals surface area (Å²) in [7, 11) is 0. The number of aromatic nitrogens is 6. The lowest BCUT2D eigenvalue weighted by atomic mass is 9.93. The summed E-state index contributed by atoms with van der Waals surface area (Å²) >= 11 is 0. The first-order valence-corrected chi connectivity index (χ1v) is 25.4. The molecule has 0 unspecified atom stereocenters. The maximum Gasteiger partial charge on any atom is 0.164 e. The normalized spacial score (nSPS) is 11.6. The monoisotopic (exact) mass is 952 g/mol. The molecule has 354 valence electrons. The summed E-state index contributed by atoms with van der Waals surface area (Å²) < 4.78 is 4.85. The van der Waals surface area contributed by atoms with E-state index in [4.69, 9.17) is 19.9 Å². The van der Waals surface area contributed by atoms with Crippen molar-refractivity contribution in [2.24, 2.45) is 0 Å². The Kier molecular flexibility index (Phi) is 10.7. The summed E-state index contributed by atoms with van der Waals surface area (Å²) in [6.07, 6.45) is 3.94. The van der Waals surface area contributed by atoms with E-state index in [0.717, 1.165) is 61.3 Å². The fraction of sp³-hybridized carbons (Fsp3) is 0.0882. The minimum Gasteiger partial charge on any atom is -0.309 e. The van der Waals surface area contributed by atoms with Crippen LogP contribution < -0.4 is 0 Å². The molecule has 0 radical (unpaired) electrons. The third kappa shape index (κ3) is 7.49. The molecule has 6 heteroatoms. The van der Waals surface area contributed by atoms with Gasteiger partial charge in [-0.05, 0) is 147 Å². The molecular weight excluding hydrogens is 901 g/mol. The fourth-order valence-corrected chi connectivity index (χ4v) is 11.9. The summed E-state index contributed by atoms with van der Waals surface area (Å²) in [5, 5.41) is 4.75. The molecule has 0 atom stereocenters. The summed E-state index contributed by atoms with van der Waals surface area (Å²) in [6, 6.07) is 69.8. The summed E-state index contributed by atoms with van der Waals surface area (Å²) in [5.41, 5.74) is 23.8. The van der Waals surface area contributed by atoms with Crippen molar-refractivity contribution in [1.82, 2.24) is 29.1 Å². The minimum absolute atomic E-state index is 0.581. The lowest BCUT2D eigenvalue weighted by Gasteiger charge is -2.19. The second-order valence-electron chi connectivity index (χ2n) is 19.9. The lowest BCUT2D eigenvalue weighted by molar-refractivity contribution is 1.07. The Hall–Kier alpha value is -9.26. The van der Waals surface area contributed by atoms with Gasteiger partial charge in [0.25, 0.3) is 0 Å². The van der Waals surface area contributed by atoms with Gasteiger partial charge in [-0.2, -0.15) is 0 Å². The van der Waals surface area contributed by atoms with Crippen molar-refractivity contribution < 1.29 is 0 Å². The molecule has 0 N–H and O–H groups in total. The topological polar surface area (TPSA) is 61.4 Å². The van der Waals surface area contributed by atoms with Gasteiger partial charge in [-0.1, -0.05) is 145 Å². The third-order valence-electron chi connectivity index (χ3n) is 14.8. The number of pyridine rings is 1. The number of rotatable bonds is 8. The number of benzene rings is 9. The number of fused-ring (bicyclic) bond motifs is 6. The van der Waals surface area contributed by atoms with Crippen molar-refractivity contribution in [3.8, 4) is 78.9 Å². The van der Waals surface area contributed by atoms with E-state index in [1.165, 1.54) is 77.2 Å². The zero-order chi connectivity index (χ0) is 50.2. The van der Waals surface area contributed by atoms with E-state index < -0.39 is 0 Å². The molecule has 0 aliphatic carbocycles. The van der Waals surface area contributed by atoms with E-state index in [-0.39, 0.29) is 0 Å². The van der Waals surface area contributed by atoms with Crippen LogP contribution in [0.1, 0.15) is 33.4 Å². The molecule has 0 saturated heterocycles. The molecule has 0 fully saturated rings. The Balaban J connectivity index is 1.09. The van der Waals surface area contributed by atoms with Crippen LogP contribution in [-0.2, 0) is 0 Å². The van der Waals surface area contributed by atoms with Gasteiger partial charge in [0.2, 0.25) is 0 Å². The molecule has 0 amide bonds. The molecule has 0 spiro atoms. The number of aryl methyl sites for hydroxylation is 6. The van der Waals surface area contributed by atoms with Gasteiger partial charge >= 0.3 is 0 Å². The molecular formula is C68H52N6. The number of hydrogen-bond acceptors (Lipinski definition) is 4. The Labute approximate surface area is 431 Å². The van der Waals surface area contributed by atoms with Crippen LogP contribution in [0.25, 0.3) is 123 Å². The molecule has 4 heterocycles. The highest BCUT2D eigenvalue weighted by Gasteiger charge is 2.24. The van der Waals surface area contributed by atoms with E-state index >= 15 is 0 Å². The summed E-state index contributed by atoms with van der Waals surface area (Å²) in [5.74, 6) is 1.80. The van der Waals surface area contributed by atoms with Crippen LogP contribution in [0.2, 0.25) is 0 Å². The number of para-hydroxylation sites is 2. The number of hydrogen-bond donors (Lipinski definition) is 0. The van der Waals surface area contributed by atoms with Crippen LogP contribution in [-0.4, -0.2) is 29.1 Å². The summed E-state index contributed by atoms with van der Waals surface area (Å²) in [6.45, 7) is 13.2. The van der Waals surface area contributed by atoms with E-state index in [1.807, 2.05) is 48.8 Å². The smallest absolute Gasteiger partial charge is 0.164 e. The van der Waals surface area contributed by atoms with Crippen LogP contribution >= 0.6 is 0 Å². The molecule has 0 aliphatic rings. The fourth-order valence-electron chi connectivity index (χ4n) is 11.9. The van der Waals surface area contributed by atoms with Gasteiger partial charge in [0.1, 0.15) is 0 Å². The van der Waals surface area contributed by atoms with Gasteiger partial charge in [-0.15, -0.1) is 0 Å². The average Bonchev–Trinajstić information content (AvgIpc) is 3.93. The van der Waals surface area contributed by atoms with Crippen LogP contribution in [0.3, 0.4) is 0 Å². The second kappa shape index (κ2) is 17.8. The predicted molar refractivity (Wildman–Crippen MR) is 307 cm³/mol. The highest BCUT2D eigenvalue weighted by Crippen LogP contribution is 2.44. The van der Waals surface area contributed by atoms with Crippen LogP contribution in [0.4, 0.5) is 0 Å². The first kappa shape index (κ1) is 44.7. The number of nitrogens with zero attached hydrogens (tertiary/aromatic N) is 6. The predicted octanol–water partition coefficient (Wildman–Crippen LogP) is 17.3. The Morgan fingerprint density at radius 3 is 1.20 bits per heavy atom. The van der Waals surface area contributed by atoms with Gasteiger partial charge in [-0.3, -0.25) is 4.98 Å². The Morgan fingerprint density at radius 1 is 0.311 bits per heavy atom. The van der Waals surface area contributed by atoms with E-state index in [1.54, 1.807) is 0 Å². The maximum atomic E-state index is 5.24. The first-order valence-electron chi connectivity index (χ1n) is 25.4. The van der Waals surface area contributed by atoms with Gasteiger partial charge in [0, 0.05) is 61.8 Å². The zero-order valence-electron chi connectivity index (χ0n) is 42.3. The molecule has 0 saturated carbocycles. The highest BCUT2D eigenvalue weighted by atomic mass is 15.0. The largest absolute Gasteiger partial charge is 0.309 e. The van der Waals surface area contributed by atoms with Crippen LogP contribution in [0, 0.1) is 41.5 Å². The van der Waals surface area contributed by atoms with Gasteiger partial charge in [0.15, 0.2) is 17.5 Å². The Bertz CT molecular complexity index is 4270. The SMILES string of the molecule is Cc1cc(C)c(-c2ccc3c(c2)c2ccccc2n3-c2ccncc2-c2cc(-c3nc(-c4ccccc4)nc(-c4ccccc4)n3)ccc2-n2c3ccccc3c3cc(-c4c(C)cc(C)cc4C)ccc32)c(C)c1. The van der Waals surface area contributed by atoms with E-state index in [9.17, 15) is 0 Å². The van der Waals surface area contributed by atoms with Gasteiger partial charge in [-0.25, -0.2) is 15.0 Å². The minimum atomic E-state index is 0.581. The molecule has 74 heavy (non-hydrogen) atoms. The van der Waals surface area contributed by atoms with Crippen molar-refractivity contribution in [2.75, 3.05) is 0 Å².